The molecule has 0 unspecified atom stereocenters. The van der Waals surface area contributed by atoms with Crippen molar-refractivity contribution in [3.05, 3.63) is 35.6 Å². The van der Waals surface area contributed by atoms with Crippen LogP contribution in [0.25, 0.3) is 0 Å². The predicted molar refractivity (Wildman–Crippen MR) is 99.1 cm³/mol. The fraction of sp³-hybridized carbons (Fsp3) is 0.667. The quantitative estimate of drug-likeness (QED) is 0.801. The van der Waals surface area contributed by atoms with E-state index < -0.39 is 0 Å². The normalized spacial score (nSPS) is 22.2. The summed E-state index contributed by atoms with van der Waals surface area (Å²) in [6.07, 6.45) is 10.9. The van der Waals surface area contributed by atoms with Gasteiger partial charge >= 0.3 is 0 Å². The second-order valence-corrected chi connectivity index (χ2v) is 7.82. The summed E-state index contributed by atoms with van der Waals surface area (Å²) in [6.45, 7) is 4.22. The minimum absolute atomic E-state index is 0.0987. The number of benzene rings is 1. The van der Waals surface area contributed by atoms with Crippen molar-refractivity contribution in [2.45, 2.75) is 51.4 Å². The van der Waals surface area contributed by atoms with Crippen molar-refractivity contribution in [3.63, 3.8) is 0 Å². The predicted octanol–water partition coefficient (Wildman–Crippen LogP) is 4.24. The molecule has 3 nitrogen and oxygen atoms in total. The van der Waals surface area contributed by atoms with E-state index in [4.69, 9.17) is 0 Å². The van der Waals surface area contributed by atoms with Crippen molar-refractivity contribution in [1.29, 1.82) is 0 Å². The number of carbonyl (C=O) groups is 1. The lowest BCUT2D eigenvalue weighted by Crippen LogP contribution is -2.41. The van der Waals surface area contributed by atoms with E-state index in [2.05, 4.69) is 10.2 Å². The summed E-state index contributed by atoms with van der Waals surface area (Å²) < 4.78 is 12.9. The number of amides is 1. The van der Waals surface area contributed by atoms with E-state index in [-0.39, 0.29) is 11.7 Å². The van der Waals surface area contributed by atoms with Crippen LogP contribution in [0.3, 0.4) is 0 Å². The van der Waals surface area contributed by atoms with Gasteiger partial charge in [-0.05, 0) is 74.9 Å². The molecule has 1 saturated carbocycles. The van der Waals surface area contributed by atoms with E-state index in [9.17, 15) is 9.18 Å². The molecular weight excluding hydrogens is 315 g/mol. The Morgan fingerprint density at radius 2 is 1.80 bits per heavy atom. The lowest BCUT2D eigenvalue weighted by Gasteiger charge is -2.33. The van der Waals surface area contributed by atoms with Gasteiger partial charge in [-0.1, -0.05) is 25.7 Å². The van der Waals surface area contributed by atoms with Crippen molar-refractivity contribution < 1.29 is 9.18 Å². The molecule has 2 fully saturated rings. The van der Waals surface area contributed by atoms with Crippen LogP contribution in [-0.2, 0) is 0 Å². The third kappa shape index (κ3) is 5.81. The first-order chi connectivity index (χ1) is 12.2. The van der Waals surface area contributed by atoms with Crippen LogP contribution in [-0.4, -0.2) is 37.0 Å². The molecule has 1 aliphatic heterocycles. The van der Waals surface area contributed by atoms with Crippen LogP contribution in [0.1, 0.15) is 61.7 Å². The fourth-order valence-corrected chi connectivity index (χ4v) is 4.36. The zero-order valence-corrected chi connectivity index (χ0v) is 15.2. The summed E-state index contributed by atoms with van der Waals surface area (Å²) >= 11 is 0. The average Bonchev–Trinajstić information content (AvgIpc) is 3.14. The van der Waals surface area contributed by atoms with Gasteiger partial charge in [0.2, 0.25) is 0 Å². The van der Waals surface area contributed by atoms with Gasteiger partial charge < -0.3 is 10.2 Å². The Bertz CT molecular complexity index is 539. The van der Waals surface area contributed by atoms with Gasteiger partial charge in [-0.15, -0.1) is 0 Å². The lowest BCUT2D eigenvalue weighted by molar-refractivity contribution is 0.0931. The van der Waals surface area contributed by atoms with Gasteiger partial charge in [-0.3, -0.25) is 4.79 Å². The van der Waals surface area contributed by atoms with Gasteiger partial charge in [0, 0.05) is 18.7 Å². The lowest BCUT2D eigenvalue weighted by atomic mass is 9.96. The van der Waals surface area contributed by atoms with Crippen molar-refractivity contribution in [1.82, 2.24) is 10.2 Å². The van der Waals surface area contributed by atoms with Crippen LogP contribution < -0.4 is 5.32 Å². The molecule has 1 saturated heterocycles. The van der Waals surface area contributed by atoms with Crippen molar-refractivity contribution in [2.75, 3.05) is 26.2 Å². The number of nitrogens with one attached hydrogen (secondary N) is 1. The van der Waals surface area contributed by atoms with E-state index >= 15 is 0 Å². The van der Waals surface area contributed by atoms with E-state index in [1.54, 1.807) is 12.1 Å². The number of nitrogens with zero attached hydrogens (tertiary/aromatic N) is 1. The maximum Gasteiger partial charge on any atom is 0.251 e. The van der Waals surface area contributed by atoms with Gasteiger partial charge in [0.25, 0.3) is 5.91 Å². The zero-order valence-electron chi connectivity index (χ0n) is 15.2. The topological polar surface area (TPSA) is 32.3 Å². The first-order valence-corrected chi connectivity index (χ1v) is 9.97. The number of hydrogen-bond donors (Lipinski definition) is 1. The molecule has 2 aliphatic rings. The molecule has 1 atom stereocenters. The van der Waals surface area contributed by atoms with Crippen LogP contribution in [0.5, 0.6) is 0 Å². The maximum atomic E-state index is 12.9. The van der Waals surface area contributed by atoms with Crippen LogP contribution >= 0.6 is 0 Å². The monoisotopic (exact) mass is 346 g/mol. The minimum atomic E-state index is -0.308. The first kappa shape index (κ1) is 18.4. The Morgan fingerprint density at radius 1 is 1.08 bits per heavy atom. The molecule has 1 heterocycles. The zero-order chi connectivity index (χ0) is 17.5. The summed E-state index contributed by atoms with van der Waals surface area (Å²) in [6, 6.07) is 5.75. The second kappa shape index (κ2) is 9.33. The summed E-state index contributed by atoms with van der Waals surface area (Å²) in [5.74, 6) is 1.11. The molecule has 4 heteroatoms. The molecule has 0 spiro atoms. The Labute approximate surface area is 151 Å². The average molecular weight is 346 g/mol. The summed E-state index contributed by atoms with van der Waals surface area (Å²) in [4.78, 5) is 14.7. The molecule has 1 aromatic carbocycles. The number of carbonyl (C=O) groups excluding carboxylic acids is 1. The third-order valence-electron chi connectivity index (χ3n) is 5.82. The molecule has 138 valence electrons. The second-order valence-electron chi connectivity index (χ2n) is 7.82. The largest absolute Gasteiger partial charge is 0.352 e. The van der Waals surface area contributed by atoms with Crippen molar-refractivity contribution in [2.24, 2.45) is 11.8 Å². The van der Waals surface area contributed by atoms with Gasteiger partial charge in [0.05, 0.1) is 0 Å². The highest BCUT2D eigenvalue weighted by Crippen LogP contribution is 2.28. The van der Waals surface area contributed by atoms with E-state index in [0.29, 0.717) is 11.5 Å². The molecule has 1 aromatic rings. The SMILES string of the molecule is O=C(NC[C@@H]1CCCN(CCCC2CCCC2)C1)c1ccc(F)cc1. The third-order valence-corrected chi connectivity index (χ3v) is 5.82. The Kier molecular flexibility index (Phi) is 6.85. The van der Waals surface area contributed by atoms with E-state index in [1.807, 2.05) is 0 Å². The molecular formula is C21H31FN2O. The molecule has 0 aromatic heterocycles. The number of hydrogen-bond acceptors (Lipinski definition) is 2. The molecule has 0 bridgehead atoms. The minimum Gasteiger partial charge on any atom is -0.352 e. The number of rotatable bonds is 7. The summed E-state index contributed by atoms with van der Waals surface area (Å²) in [7, 11) is 0. The summed E-state index contributed by atoms with van der Waals surface area (Å²) in [5.41, 5.74) is 0.533. The molecule has 0 radical (unpaired) electrons. The van der Waals surface area contributed by atoms with Crippen molar-refractivity contribution in [3.8, 4) is 0 Å². The Hall–Kier alpha value is -1.42. The summed E-state index contributed by atoms with van der Waals surface area (Å²) in [5, 5.41) is 3.02. The van der Waals surface area contributed by atoms with Gasteiger partial charge in [0.1, 0.15) is 5.82 Å². The van der Waals surface area contributed by atoms with Crippen LogP contribution in [0.4, 0.5) is 4.39 Å². The van der Waals surface area contributed by atoms with E-state index in [0.717, 1.165) is 19.0 Å². The van der Waals surface area contributed by atoms with Gasteiger partial charge in [0.15, 0.2) is 0 Å². The molecule has 3 rings (SSSR count). The smallest absolute Gasteiger partial charge is 0.251 e. The number of halogens is 1. The van der Waals surface area contributed by atoms with Crippen LogP contribution in [0.15, 0.2) is 24.3 Å². The number of piperidine rings is 1. The number of likely N-dealkylation sites (tertiary alicyclic amines) is 1. The first-order valence-electron chi connectivity index (χ1n) is 9.97. The van der Waals surface area contributed by atoms with E-state index in [1.165, 1.54) is 76.6 Å². The van der Waals surface area contributed by atoms with Crippen molar-refractivity contribution >= 4 is 5.91 Å². The highest BCUT2D eigenvalue weighted by Gasteiger charge is 2.21. The molecule has 1 N–H and O–H groups in total. The molecule has 1 amide bonds. The Morgan fingerprint density at radius 3 is 2.56 bits per heavy atom. The van der Waals surface area contributed by atoms with Gasteiger partial charge in [-0.2, -0.15) is 0 Å². The van der Waals surface area contributed by atoms with Crippen LogP contribution in [0, 0.1) is 17.7 Å². The molecule has 1 aliphatic carbocycles. The highest BCUT2D eigenvalue weighted by molar-refractivity contribution is 5.94. The Balaban J connectivity index is 1.36. The maximum absolute atomic E-state index is 12.9. The molecule has 25 heavy (non-hydrogen) atoms. The van der Waals surface area contributed by atoms with Crippen LogP contribution in [0.2, 0.25) is 0 Å². The fourth-order valence-electron chi connectivity index (χ4n) is 4.36. The standard InChI is InChI=1S/C21H31FN2O/c22-20-11-9-19(10-12-20)21(25)23-15-18-8-4-14-24(16-18)13-3-7-17-5-1-2-6-17/h9-12,17-18H,1-8,13-16H2,(H,23,25)/t18-/m0/s1. The van der Waals surface area contributed by atoms with Gasteiger partial charge in [-0.25, -0.2) is 4.39 Å². The highest BCUT2D eigenvalue weighted by atomic mass is 19.1.